The van der Waals surface area contributed by atoms with Gasteiger partial charge in [-0.3, -0.25) is 18.6 Å². The molecule has 0 saturated heterocycles. The minimum atomic E-state index is -4.39. The molecule has 0 aliphatic carbocycles. The van der Waals surface area contributed by atoms with E-state index < -0.39 is 26.5 Å². The number of phosphoric acid groups is 1. The molecule has 0 aromatic heterocycles. The number of likely N-dealkylation sites (N-methyl/N-ethyl adjacent to an activating group) is 1. The fourth-order valence-electron chi connectivity index (χ4n) is 10.1. The maximum absolute atomic E-state index is 12.9. The molecule has 0 rings (SSSR count). The molecule has 10 heteroatoms. The van der Waals surface area contributed by atoms with Crippen LogP contribution in [0.3, 0.4) is 0 Å². The third kappa shape index (κ3) is 66.8. The number of unbranched alkanes of at least 4 members (excludes halogenated alkanes) is 41. The van der Waals surface area contributed by atoms with E-state index in [-0.39, 0.29) is 32.0 Å². The number of esters is 2. The number of rotatable bonds is 65. The average molecular weight is 1170 g/mol. The molecule has 0 saturated carbocycles. The summed E-state index contributed by atoms with van der Waals surface area (Å²) in [7, 11) is 1.49. The highest BCUT2D eigenvalue weighted by molar-refractivity contribution is 7.47. The lowest BCUT2D eigenvalue weighted by Crippen LogP contribution is -2.37. The predicted octanol–water partition coefficient (Wildman–Crippen LogP) is 22.6. The maximum atomic E-state index is 12.9. The molecule has 0 amide bonds. The van der Waals surface area contributed by atoms with Gasteiger partial charge in [-0.15, -0.1) is 0 Å². The second-order valence-electron chi connectivity index (χ2n) is 24.9. The maximum Gasteiger partial charge on any atom is 0.472 e. The molecule has 0 spiro atoms. The highest BCUT2D eigenvalue weighted by Crippen LogP contribution is 2.43. The molecule has 1 N–H and O–H groups in total. The molecule has 480 valence electrons. The van der Waals surface area contributed by atoms with Crippen LogP contribution in [0.5, 0.6) is 0 Å². The van der Waals surface area contributed by atoms with E-state index in [1.54, 1.807) is 0 Å². The average Bonchev–Trinajstić information content (AvgIpc) is 3.46. The van der Waals surface area contributed by atoms with Gasteiger partial charge in [-0.2, -0.15) is 0 Å². The summed E-state index contributed by atoms with van der Waals surface area (Å²) in [6.45, 7) is 4.46. The van der Waals surface area contributed by atoms with Gasteiger partial charge in [-0.1, -0.05) is 299 Å². The normalized spacial score (nSPS) is 13.5. The fraction of sp³-hybridized carbons (Fsp3) is 0.833. The number of carbonyl (C=O) groups excluding carboxylic acids is 2. The van der Waals surface area contributed by atoms with Gasteiger partial charge in [0.25, 0.3) is 0 Å². The summed E-state index contributed by atoms with van der Waals surface area (Å²) >= 11 is 0. The molecule has 0 aromatic rings. The number of phosphoric ester groups is 1. The highest BCUT2D eigenvalue weighted by atomic mass is 31.2. The van der Waals surface area contributed by atoms with Crippen LogP contribution in [-0.2, 0) is 32.7 Å². The molecular formula is C72H135NO8P+. The summed E-state index contributed by atoms with van der Waals surface area (Å²) in [6, 6.07) is 0. The first-order chi connectivity index (χ1) is 40.0. The SMILES string of the molecule is CCCCCCC/C=C\C/C=C\C/C=C\CCCCCCCCCCCCCCCCCCCCC(=O)OC(COC(=O)CCCCCCCCCCCCCCC/C=C\C/C=C\CCCCCCC)COP(=O)(O)OCC[N+](C)(C)C. The van der Waals surface area contributed by atoms with Gasteiger partial charge in [0.15, 0.2) is 6.10 Å². The number of ether oxygens (including phenoxy) is 2. The largest absolute Gasteiger partial charge is 0.472 e. The van der Waals surface area contributed by atoms with Crippen molar-refractivity contribution in [3.05, 3.63) is 60.8 Å². The molecular weight excluding hydrogens is 1040 g/mol. The van der Waals surface area contributed by atoms with Crippen LogP contribution in [0.4, 0.5) is 0 Å². The lowest BCUT2D eigenvalue weighted by Gasteiger charge is -2.24. The molecule has 2 unspecified atom stereocenters. The summed E-state index contributed by atoms with van der Waals surface area (Å²) in [5.41, 5.74) is 0. The number of quaternary nitrogens is 1. The number of allylic oxidation sites excluding steroid dienone is 10. The van der Waals surface area contributed by atoms with Gasteiger partial charge in [-0.25, -0.2) is 4.57 Å². The topological polar surface area (TPSA) is 108 Å². The van der Waals surface area contributed by atoms with E-state index in [9.17, 15) is 19.0 Å². The molecule has 0 heterocycles. The zero-order valence-corrected chi connectivity index (χ0v) is 55.6. The van der Waals surface area contributed by atoms with Crippen LogP contribution in [0.1, 0.15) is 335 Å². The van der Waals surface area contributed by atoms with E-state index in [4.69, 9.17) is 18.5 Å². The molecule has 9 nitrogen and oxygen atoms in total. The minimum Gasteiger partial charge on any atom is -0.462 e. The van der Waals surface area contributed by atoms with Gasteiger partial charge >= 0.3 is 19.8 Å². The van der Waals surface area contributed by atoms with Crippen molar-refractivity contribution in [1.82, 2.24) is 0 Å². The van der Waals surface area contributed by atoms with E-state index in [1.807, 2.05) is 21.1 Å². The Morgan fingerprint density at radius 3 is 0.976 bits per heavy atom. The molecule has 0 fully saturated rings. The van der Waals surface area contributed by atoms with Crippen molar-refractivity contribution in [3.8, 4) is 0 Å². The van der Waals surface area contributed by atoms with Crippen LogP contribution in [0.15, 0.2) is 60.8 Å². The third-order valence-electron chi connectivity index (χ3n) is 15.5. The van der Waals surface area contributed by atoms with Gasteiger partial charge in [0.05, 0.1) is 27.7 Å². The smallest absolute Gasteiger partial charge is 0.462 e. The Hall–Kier alpha value is -2.29. The number of hydrogen-bond acceptors (Lipinski definition) is 7. The van der Waals surface area contributed by atoms with E-state index >= 15 is 0 Å². The van der Waals surface area contributed by atoms with E-state index in [0.717, 1.165) is 51.4 Å². The highest BCUT2D eigenvalue weighted by Gasteiger charge is 2.27. The Bertz CT molecular complexity index is 1570. The van der Waals surface area contributed by atoms with Crippen LogP contribution in [0.25, 0.3) is 0 Å². The van der Waals surface area contributed by atoms with Crippen molar-refractivity contribution < 1.29 is 42.1 Å². The third-order valence-corrected chi connectivity index (χ3v) is 16.5. The number of carbonyl (C=O) groups is 2. The monoisotopic (exact) mass is 1170 g/mol. The first-order valence-corrected chi connectivity index (χ1v) is 36.5. The second-order valence-corrected chi connectivity index (χ2v) is 26.4. The summed E-state index contributed by atoms with van der Waals surface area (Å²) in [4.78, 5) is 35.9. The lowest BCUT2D eigenvalue weighted by atomic mass is 10.0. The molecule has 0 radical (unpaired) electrons. The zero-order valence-electron chi connectivity index (χ0n) is 54.7. The van der Waals surface area contributed by atoms with Gasteiger partial charge in [0.1, 0.15) is 19.8 Å². The number of hydrogen-bond donors (Lipinski definition) is 1. The Morgan fingerprint density at radius 2 is 0.659 bits per heavy atom. The number of nitrogens with zero attached hydrogens (tertiary/aromatic N) is 1. The van der Waals surface area contributed by atoms with Crippen LogP contribution in [0.2, 0.25) is 0 Å². The quantitative estimate of drug-likeness (QED) is 0.0211. The van der Waals surface area contributed by atoms with Crippen LogP contribution < -0.4 is 0 Å². The summed E-state index contributed by atoms with van der Waals surface area (Å²) in [5.74, 6) is -0.784. The first-order valence-electron chi connectivity index (χ1n) is 35.0. The molecule has 2 atom stereocenters. The van der Waals surface area contributed by atoms with Gasteiger partial charge in [0.2, 0.25) is 0 Å². The van der Waals surface area contributed by atoms with Crippen molar-refractivity contribution >= 4 is 19.8 Å². The molecule has 0 aliphatic heterocycles. The summed E-state index contributed by atoms with van der Waals surface area (Å²) in [6.07, 6.45) is 83.2. The second kappa shape index (κ2) is 63.2. The van der Waals surface area contributed by atoms with Gasteiger partial charge < -0.3 is 18.9 Å². The fourth-order valence-corrected chi connectivity index (χ4v) is 10.9. The Kier molecular flexibility index (Phi) is 61.5. The van der Waals surface area contributed by atoms with Crippen LogP contribution in [0, 0.1) is 0 Å². The standard InChI is InChI=1S/C72H134NO8P/c1-6-8-10-12-14-16-18-20-22-24-26-28-30-32-33-34-35-36-37-38-39-41-43-45-47-49-51-53-55-57-59-61-63-65-72(75)81-70(69-80-82(76,77)79-67-66-73(3,4)5)68-78-71(74)64-62-60-58-56-54-52-50-48-46-44-42-40-31-29-27-25-23-21-19-17-15-13-11-9-7-2/h18-21,24-27,30,32,70H,6-17,22-23,28-29,31,33-69H2,1-5H3/p+1/b20-18-,21-19-,26-24-,27-25-,32-30-. The van der Waals surface area contributed by atoms with E-state index in [1.165, 1.54) is 250 Å². The van der Waals surface area contributed by atoms with Crippen LogP contribution >= 0.6 is 7.82 Å². The molecule has 0 aromatic carbocycles. The van der Waals surface area contributed by atoms with E-state index in [0.29, 0.717) is 17.4 Å². The Balaban J connectivity index is 4.02. The first kappa shape index (κ1) is 79.7. The summed E-state index contributed by atoms with van der Waals surface area (Å²) < 4.78 is 34.7. The summed E-state index contributed by atoms with van der Waals surface area (Å²) in [5, 5.41) is 0. The van der Waals surface area contributed by atoms with Crippen molar-refractivity contribution in [2.45, 2.75) is 341 Å². The van der Waals surface area contributed by atoms with Gasteiger partial charge in [-0.05, 0) is 83.5 Å². The molecule has 0 aliphatic rings. The molecule has 0 bridgehead atoms. The zero-order chi connectivity index (χ0) is 59.8. The van der Waals surface area contributed by atoms with Gasteiger partial charge in [0, 0.05) is 12.8 Å². The van der Waals surface area contributed by atoms with Crippen molar-refractivity contribution in [2.75, 3.05) is 47.5 Å². The van der Waals surface area contributed by atoms with Crippen LogP contribution in [-0.4, -0.2) is 74.9 Å². The van der Waals surface area contributed by atoms with Crippen molar-refractivity contribution in [2.24, 2.45) is 0 Å². The lowest BCUT2D eigenvalue weighted by molar-refractivity contribution is -0.870. The molecule has 82 heavy (non-hydrogen) atoms. The van der Waals surface area contributed by atoms with E-state index in [2.05, 4.69) is 74.6 Å². The van der Waals surface area contributed by atoms with Crippen molar-refractivity contribution in [3.63, 3.8) is 0 Å². The van der Waals surface area contributed by atoms with Crippen molar-refractivity contribution in [1.29, 1.82) is 0 Å². The minimum absolute atomic E-state index is 0.0321. The Morgan fingerprint density at radius 1 is 0.378 bits per heavy atom. The predicted molar refractivity (Wildman–Crippen MR) is 353 cm³/mol. The Labute approximate surface area is 508 Å².